The van der Waals surface area contributed by atoms with Crippen LogP contribution in [0.25, 0.3) is 165 Å². The van der Waals surface area contributed by atoms with Crippen molar-refractivity contribution in [2.45, 2.75) is 26.2 Å². The molecule has 0 aliphatic rings. The van der Waals surface area contributed by atoms with Crippen LogP contribution >= 0.6 is 0 Å². The van der Waals surface area contributed by atoms with Crippen LogP contribution in [0.15, 0.2) is 340 Å². The molecule has 0 amide bonds. The third kappa shape index (κ3) is 9.98. The minimum absolute atomic E-state index is 0.118. The highest BCUT2D eigenvalue weighted by Crippen LogP contribution is 2.47. The molecule has 0 saturated heterocycles. The van der Waals surface area contributed by atoms with Crippen LogP contribution in [-0.2, 0) is 5.41 Å². The number of methoxy groups -OCH3 is 1. The molecule has 3 nitrogen and oxygen atoms in total. The number of rotatable bonds is 9. The second-order valence-corrected chi connectivity index (χ2v) is 26.2. The summed E-state index contributed by atoms with van der Waals surface area (Å²) in [6.45, 7) is 6.82. The predicted molar refractivity (Wildman–Crippen MR) is 409 cm³/mol. The number of fused-ring (bicyclic) bond motifs is 10. The zero-order valence-corrected chi connectivity index (χ0v) is 54.1. The highest BCUT2D eigenvalue weighted by molar-refractivity contribution is 6.23. The summed E-state index contributed by atoms with van der Waals surface area (Å²) in [7, 11) is 1.71. The molecule has 96 heavy (non-hydrogen) atoms. The van der Waals surface area contributed by atoms with E-state index < -0.39 is 0 Å². The molecule has 456 valence electrons. The smallest absolute Gasteiger partial charge is 0.118 e. The molecule has 18 rings (SSSR count). The minimum atomic E-state index is 0.118. The number of aromatic nitrogens is 2. The van der Waals surface area contributed by atoms with Crippen LogP contribution in [0.4, 0.5) is 0 Å². The Balaban J connectivity index is 0.000000145. The first-order valence-corrected chi connectivity index (χ1v) is 33.3. The second kappa shape index (κ2) is 23.8. The molecule has 2 aromatic heterocycles. The number of para-hydroxylation sites is 4. The Bertz CT molecular complexity index is 5750. The average molecular weight is 1230 g/mol. The Morgan fingerprint density at radius 2 is 0.406 bits per heavy atom. The van der Waals surface area contributed by atoms with E-state index >= 15 is 0 Å². The van der Waals surface area contributed by atoms with Crippen molar-refractivity contribution in [3.63, 3.8) is 0 Å². The van der Waals surface area contributed by atoms with Crippen LogP contribution in [0.3, 0.4) is 0 Å². The Kier molecular flexibility index (Phi) is 14.3. The summed E-state index contributed by atoms with van der Waals surface area (Å²) in [6, 6.07) is 124. The topological polar surface area (TPSA) is 19.1 Å². The fraction of sp³-hybridized carbons (Fsp3) is 0.0538. The van der Waals surface area contributed by atoms with Gasteiger partial charge in [-0.25, -0.2) is 0 Å². The van der Waals surface area contributed by atoms with E-state index in [0.29, 0.717) is 0 Å². The van der Waals surface area contributed by atoms with Gasteiger partial charge in [0.2, 0.25) is 0 Å². The van der Waals surface area contributed by atoms with Crippen molar-refractivity contribution in [1.29, 1.82) is 0 Å². The van der Waals surface area contributed by atoms with E-state index in [4.69, 9.17) is 4.74 Å². The van der Waals surface area contributed by atoms with Gasteiger partial charge in [0, 0.05) is 32.9 Å². The zero-order valence-electron chi connectivity index (χ0n) is 54.1. The van der Waals surface area contributed by atoms with Crippen molar-refractivity contribution in [2.24, 2.45) is 0 Å². The molecule has 0 radical (unpaired) electrons. The lowest BCUT2D eigenvalue weighted by molar-refractivity contribution is 0.415. The Morgan fingerprint density at radius 3 is 0.646 bits per heavy atom. The summed E-state index contributed by atoms with van der Waals surface area (Å²) in [6.07, 6.45) is 0. The lowest BCUT2D eigenvalue weighted by Crippen LogP contribution is -2.10. The van der Waals surface area contributed by atoms with Crippen LogP contribution in [-0.4, -0.2) is 16.2 Å². The average Bonchev–Trinajstić information content (AvgIpc) is 1.05. The van der Waals surface area contributed by atoms with Crippen molar-refractivity contribution >= 4 is 86.7 Å². The van der Waals surface area contributed by atoms with Crippen LogP contribution in [0.2, 0.25) is 0 Å². The number of hydrogen-bond acceptors (Lipinski definition) is 1. The minimum Gasteiger partial charge on any atom is -0.497 e. The van der Waals surface area contributed by atoms with Gasteiger partial charge >= 0.3 is 0 Å². The quantitative estimate of drug-likeness (QED) is 0.132. The first kappa shape index (κ1) is 57.8. The van der Waals surface area contributed by atoms with Gasteiger partial charge in [-0.2, -0.15) is 0 Å². The third-order valence-electron chi connectivity index (χ3n) is 19.7. The molecule has 0 atom stereocenters. The monoisotopic (exact) mass is 1230 g/mol. The van der Waals surface area contributed by atoms with Crippen molar-refractivity contribution in [3.8, 4) is 83.9 Å². The highest BCUT2D eigenvalue weighted by Gasteiger charge is 2.21. The third-order valence-corrected chi connectivity index (χ3v) is 19.7. The summed E-state index contributed by atoms with van der Waals surface area (Å²) in [4.78, 5) is 0. The molecular weight excluding hydrogens is 1160 g/mol. The van der Waals surface area contributed by atoms with E-state index in [1.807, 2.05) is 12.1 Å². The van der Waals surface area contributed by atoms with Crippen LogP contribution in [0.5, 0.6) is 5.75 Å². The maximum atomic E-state index is 5.45. The van der Waals surface area contributed by atoms with E-state index in [2.05, 4.69) is 357 Å². The maximum absolute atomic E-state index is 5.45. The lowest BCUT2D eigenvalue weighted by Gasteiger charge is -2.21. The Morgan fingerprint density at radius 1 is 0.208 bits per heavy atom. The van der Waals surface area contributed by atoms with Crippen LogP contribution in [0, 0.1) is 0 Å². The summed E-state index contributed by atoms with van der Waals surface area (Å²) in [5, 5.41) is 15.2. The molecular formula is C93H68N2O. The molecule has 3 heteroatoms. The van der Waals surface area contributed by atoms with Gasteiger partial charge in [0.1, 0.15) is 5.75 Å². The van der Waals surface area contributed by atoms with Gasteiger partial charge in [0.15, 0.2) is 0 Å². The van der Waals surface area contributed by atoms with E-state index in [1.54, 1.807) is 7.11 Å². The standard InChI is InChI=1S/C48H37N.C45H31NO/c1-48(2,3)36-28-24-35(25-29-36)47-42-16-6-4-14-40(42)46(41-15-5-7-17-43(41)47)34-22-20-32(21-23-34)33-26-30-37(31-27-33)49-44-18-10-8-12-38(44)39-13-9-11-19-45(39)49;1-47-35-28-24-33(25-29-35)45-40-14-4-2-12-38(40)44(39-13-3-5-15-41(39)45)32-20-18-30(19-21-32)31-22-26-34(27-23-31)46-42-16-8-6-10-36(42)37-11-7-9-17-43(37)46/h4-31H,1-3H3;2-29H,1H3. The molecule has 16 aromatic carbocycles. The zero-order chi connectivity index (χ0) is 64.4. The number of benzene rings is 16. The van der Waals surface area contributed by atoms with E-state index in [-0.39, 0.29) is 5.41 Å². The molecule has 0 saturated carbocycles. The predicted octanol–water partition coefficient (Wildman–Crippen LogP) is 25.5. The number of hydrogen-bond donors (Lipinski definition) is 0. The molecule has 0 aliphatic carbocycles. The first-order valence-electron chi connectivity index (χ1n) is 33.3. The summed E-state index contributed by atoms with van der Waals surface area (Å²) in [5.41, 5.74) is 23.5. The van der Waals surface area contributed by atoms with Gasteiger partial charge in [-0.15, -0.1) is 0 Å². The fourth-order valence-electron chi connectivity index (χ4n) is 15.1. The first-order chi connectivity index (χ1) is 47.2. The van der Waals surface area contributed by atoms with E-state index in [1.165, 1.54) is 165 Å². The van der Waals surface area contributed by atoms with Gasteiger partial charge in [-0.3, -0.25) is 0 Å². The highest BCUT2D eigenvalue weighted by atomic mass is 16.5. The van der Waals surface area contributed by atoms with Gasteiger partial charge in [0.25, 0.3) is 0 Å². The SMILES string of the molecule is CC(C)(C)c1ccc(-c2c3ccccc3c(-c3ccc(-c4ccc(-n5c6ccccc6c6ccccc65)cc4)cc3)c3ccccc23)cc1.COc1ccc(-c2c3ccccc3c(-c3ccc(-c4ccc(-n5c6ccccc6c6ccccc65)cc4)cc3)c3ccccc23)cc1. The fourth-order valence-corrected chi connectivity index (χ4v) is 15.1. The van der Waals surface area contributed by atoms with E-state index in [0.717, 1.165) is 11.4 Å². The van der Waals surface area contributed by atoms with Crippen molar-refractivity contribution in [1.82, 2.24) is 9.13 Å². The largest absolute Gasteiger partial charge is 0.497 e. The van der Waals surface area contributed by atoms with Crippen molar-refractivity contribution in [3.05, 3.63) is 345 Å². The number of nitrogens with zero attached hydrogens (tertiary/aromatic N) is 2. The van der Waals surface area contributed by atoms with Gasteiger partial charge in [-0.1, -0.05) is 300 Å². The molecule has 0 bridgehead atoms. The lowest BCUT2D eigenvalue weighted by atomic mass is 9.83. The number of ether oxygens (including phenoxy) is 1. The Labute approximate surface area is 559 Å². The molecule has 2 heterocycles. The maximum Gasteiger partial charge on any atom is 0.118 e. The molecule has 0 spiro atoms. The summed E-state index contributed by atoms with van der Waals surface area (Å²) in [5.74, 6) is 0.862. The molecule has 18 aromatic rings. The molecule has 0 unspecified atom stereocenters. The van der Waals surface area contributed by atoms with Gasteiger partial charge in [0.05, 0.1) is 29.2 Å². The van der Waals surface area contributed by atoms with Crippen molar-refractivity contribution < 1.29 is 4.74 Å². The molecule has 0 N–H and O–H groups in total. The normalized spacial score (nSPS) is 11.8. The van der Waals surface area contributed by atoms with Gasteiger partial charge in [-0.05, 0) is 181 Å². The van der Waals surface area contributed by atoms with E-state index in [9.17, 15) is 0 Å². The Hall–Kier alpha value is -12.0. The molecule has 0 fully saturated rings. The molecule has 0 aliphatic heterocycles. The summed E-state index contributed by atoms with van der Waals surface area (Å²) < 4.78 is 10.2. The van der Waals surface area contributed by atoms with Gasteiger partial charge < -0.3 is 13.9 Å². The van der Waals surface area contributed by atoms with Crippen LogP contribution < -0.4 is 4.74 Å². The summed E-state index contributed by atoms with van der Waals surface area (Å²) >= 11 is 0. The second-order valence-electron chi connectivity index (χ2n) is 26.2. The van der Waals surface area contributed by atoms with Crippen LogP contribution in [0.1, 0.15) is 26.3 Å². The van der Waals surface area contributed by atoms with Crippen molar-refractivity contribution in [2.75, 3.05) is 7.11 Å².